The first kappa shape index (κ1) is 20.4. The van der Waals surface area contributed by atoms with Gasteiger partial charge < -0.3 is 10.6 Å². The fraction of sp³-hybridized carbons (Fsp3) is 0.364. The monoisotopic (exact) mass is 397 g/mol. The average molecular weight is 398 g/mol. The molecular formula is C22H28ClN5. The number of aromatic nitrogens is 3. The van der Waals surface area contributed by atoms with Gasteiger partial charge in [-0.1, -0.05) is 35.9 Å². The standard InChI is InChI=1S/C22H28ClN5/c1-17-20(15-24-12-7-8-14-26-22-11-5-6-13-25-22)18(2)28(27-17)16-19-9-3-4-10-21(19)23/h3-6,9-11,13,24H,7-8,12,14-16H2,1-2H3,(H,25,26). The molecule has 6 heteroatoms. The largest absolute Gasteiger partial charge is 0.370 e. The molecule has 0 aliphatic rings. The summed E-state index contributed by atoms with van der Waals surface area (Å²) in [6, 6.07) is 13.9. The van der Waals surface area contributed by atoms with E-state index >= 15 is 0 Å². The summed E-state index contributed by atoms with van der Waals surface area (Å²) in [5.41, 5.74) is 4.64. The summed E-state index contributed by atoms with van der Waals surface area (Å²) in [6.45, 7) is 7.67. The zero-order valence-corrected chi connectivity index (χ0v) is 17.3. The van der Waals surface area contributed by atoms with E-state index in [9.17, 15) is 0 Å². The van der Waals surface area contributed by atoms with Gasteiger partial charge in [-0.3, -0.25) is 4.68 Å². The molecule has 3 aromatic rings. The normalized spacial score (nSPS) is 11.0. The van der Waals surface area contributed by atoms with Crippen molar-refractivity contribution in [1.82, 2.24) is 20.1 Å². The fourth-order valence-electron chi connectivity index (χ4n) is 3.20. The maximum Gasteiger partial charge on any atom is 0.125 e. The Morgan fingerprint density at radius 1 is 1.00 bits per heavy atom. The Morgan fingerprint density at radius 3 is 2.57 bits per heavy atom. The van der Waals surface area contributed by atoms with Gasteiger partial charge in [0.1, 0.15) is 5.82 Å². The number of anilines is 1. The van der Waals surface area contributed by atoms with Crippen LogP contribution >= 0.6 is 11.6 Å². The van der Waals surface area contributed by atoms with Gasteiger partial charge in [0.15, 0.2) is 0 Å². The number of nitrogens with one attached hydrogen (secondary N) is 2. The van der Waals surface area contributed by atoms with Gasteiger partial charge in [0.25, 0.3) is 0 Å². The molecule has 0 aliphatic heterocycles. The maximum absolute atomic E-state index is 6.29. The molecule has 0 spiro atoms. The summed E-state index contributed by atoms with van der Waals surface area (Å²) in [4.78, 5) is 4.27. The second kappa shape index (κ2) is 10.2. The van der Waals surface area contributed by atoms with Crippen molar-refractivity contribution in [2.75, 3.05) is 18.4 Å². The molecule has 148 valence electrons. The molecule has 0 saturated carbocycles. The number of nitrogens with zero attached hydrogens (tertiary/aromatic N) is 3. The number of unbranched alkanes of at least 4 members (excludes halogenated alkanes) is 1. The Hall–Kier alpha value is -2.37. The van der Waals surface area contributed by atoms with Gasteiger partial charge in [-0.2, -0.15) is 5.10 Å². The van der Waals surface area contributed by atoms with Gasteiger partial charge in [-0.15, -0.1) is 0 Å². The molecular weight excluding hydrogens is 370 g/mol. The van der Waals surface area contributed by atoms with Crippen molar-refractivity contribution < 1.29 is 0 Å². The van der Waals surface area contributed by atoms with E-state index < -0.39 is 0 Å². The molecule has 2 N–H and O–H groups in total. The molecule has 5 nitrogen and oxygen atoms in total. The van der Waals surface area contributed by atoms with Crippen LogP contribution in [0.1, 0.15) is 35.4 Å². The molecule has 0 amide bonds. The zero-order valence-electron chi connectivity index (χ0n) is 16.6. The Balaban J connectivity index is 1.42. The Labute approximate surface area is 172 Å². The van der Waals surface area contributed by atoms with Gasteiger partial charge in [-0.25, -0.2) is 4.98 Å². The fourth-order valence-corrected chi connectivity index (χ4v) is 3.40. The quantitative estimate of drug-likeness (QED) is 0.492. The van der Waals surface area contributed by atoms with E-state index in [-0.39, 0.29) is 0 Å². The third-order valence-corrected chi connectivity index (χ3v) is 5.23. The minimum absolute atomic E-state index is 0.700. The van der Waals surface area contributed by atoms with Gasteiger partial charge in [0.2, 0.25) is 0 Å². The number of hydrogen-bond acceptors (Lipinski definition) is 4. The van der Waals surface area contributed by atoms with Crippen LogP contribution in [0.25, 0.3) is 0 Å². The molecule has 0 bridgehead atoms. The van der Waals surface area contributed by atoms with E-state index in [4.69, 9.17) is 16.7 Å². The van der Waals surface area contributed by atoms with Crippen LogP contribution in [0.2, 0.25) is 5.02 Å². The molecule has 0 saturated heterocycles. The first-order valence-electron chi connectivity index (χ1n) is 9.77. The second-order valence-electron chi connectivity index (χ2n) is 6.92. The first-order valence-corrected chi connectivity index (χ1v) is 10.1. The number of pyridine rings is 1. The number of aryl methyl sites for hydroxylation is 1. The molecule has 1 aromatic carbocycles. The van der Waals surface area contributed by atoms with Crippen LogP contribution in [-0.2, 0) is 13.1 Å². The lowest BCUT2D eigenvalue weighted by Gasteiger charge is -2.09. The smallest absolute Gasteiger partial charge is 0.125 e. The van der Waals surface area contributed by atoms with Crippen molar-refractivity contribution in [1.29, 1.82) is 0 Å². The van der Waals surface area contributed by atoms with Crippen LogP contribution in [0.5, 0.6) is 0 Å². The van der Waals surface area contributed by atoms with Gasteiger partial charge in [-0.05, 0) is 57.0 Å². The van der Waals surface area contributed by atoms with E-state index in [1.54, 1.807) is 6.20 Å². The van der Waals surface area contributed by atoms with Crippen LogP contribution in [0.4, 0.5) is 5.82 Å². The number of halogens is 1. The molecule has 0 unspecified atom stereocenters. The lowest BCUT2D eigenvalue weighted by Crippen LogP contribution is -2.17. The highest BCUT2D eigenvalue weighted by Crippen LogP contribution is 2.19. The van der Waals surface area contributed by atoms with Crippen LogP contribution in [0.3, 0.4) is 0 Å². The number of rotatable bonds is 10. The summed E-state index contributed by atoms with van der Waals surface area (Å²) < 4.78 is 2.05. The summed E-state index contributed by atoms with van der Waals surface area (Å²) >= 11 is 6.29. The minimum atomic E-state index is 0.700. The van der Waals surface area contributed by atoms with E-state index in [0.29, 0.717) is 6.54 Å². The molecule has 0 atom stereocenters. The zero-order chi connectivity index (χ0) is 19.8. The van der Waals surface area contributed by atoms with Crippen LogP contribution in [0, 0.1) is 13.8 Å². The summed E-state index contributed by atoms with van der Waals surface area (Å²) in [5.74, 6) is 0.938. The maximum atomic E-state index is 6.29. The Bertz CT molecular complexity index is 876. The van der Waals surface area contributed by atoms with Crippen molar-refractivity contribution in [3.8, 4) is 0 Å². The highest BCUT2D eigenvalue weighted by Gasteiger charge is 2.12. The van der Waals surface area contributed by atoms with E-state index in [0.717, 1.165) is 54.6 Å². The number of hydrogen-bond donors (Lipinski definition) is 2. The van der Waals surface area contributed by atoms with Crippen molar-refractivity contribution in [2.24, 2.45) is 0 Å². The summed E-state index contributed by atoms with van der Waals surface area (Å²) in [6.07, 6.45) is 4.03. The topological polar surface area (TPSA) is 54.8 Å². The van der Waals surface area contributed by atoms with Crippen LogP contribution < -0.4 is 10.6 Å². The molecule has 28 heavy (non-hydrogen) atoms. The first-order chi connectivity index (χ1) is 13.6. The summed E-state index contributed by atoms with van der Waals surface area (Å²) in [7, 11) is 0. The SMILES string of the molecule is Cc1nn(Cc2ccccc2Cl)c(C)c1CNCCCCNc1ccccn1. The predicted molar refractivity (Wildman–Crippen MR) is 116 cm³/mol. The molecule has 3 rings (SSSR count). The van der Waals surface area contributed by atoms with Gasteiger partial charge >= 0.3 is 0 Å². The third kappa shape index (κ3) is 5.57. The van der Waals surface area contributed by atoms with Crippen molar-refractivity contribution >= 4 is 17.4 Å². The van der Waals surface area contributed by atoms with Gasteiger partial charge in [0, 0.05) is 35.6 Å². The Kier molecular flexibility index (Phi) is 7.46. The third-order valence-electron chi connectivity index (χ3n) is 4.86. The lowest BCUT2D eigenvalue weighted by molar-refractivity contribution is 0.626. The van der Waals surface area contributed by atoms with Gasteiger partial charge in [0.05, 0.1) is 12.2 Å². The van der Waals surface area contributed by atoms with Crippen molar-refractivity contribution in [2.45, 2.75) is 39.8 Å². The minimum Gasteiger partial charge on any atom is -0.370 e. The highest BCUT2D eigenvalue weighted by molar-refractivity contribution is 6.31. The lowest BCUT2D eigenvalue weighted by atomic mass is 10.2. The predicted octanol–water partition coefficient (Wildman–Crippen LogP) is 4.58. The highest BCUT2D eigenvalue weighted by atomic mass is 35.5. The van der Waals surface area contributed by atoms with Crippen LogP contribution in [-0.4, -0.2) is 27.9 Å². The number of benzene rings is 1. The molecule has 0 radical (unpaired) electrons. The van der Waals surface area contributed by atoms with E-state index in [1.807, 2.05) is 41.1 Å². The average Bonchev–Trinajstić information content (AvgIpc) is 2.97. The second-order valence-corrected chi connectivity index (χ2v) is 7.33. The summed E-state index contributed by atoms with van der Waals surface area (Å²) in [5, 5.41) is 12.4. The van der Waals surface area contributed by atoms with E-state index in [2.05, 4.69) is 35.5 Å². The molecule has 2 heterocycles. The molecule has 2 aromatic heterocycles. The van der Waals surface area contributed by atoms with Crippen molar-refractivity contribution in [3.63, 3.8) is 0 Å². The Morgan fingerprint density at radius 2 is 1.79 bits per heavy atom. The van der Waals surface area contributed by atoms with E-state index in [1.165, 1.54) is 11.3 Å². The van der Waals surface area contributed by atoms with Crippen LogP contribution in [0.15, 0.2) is 48.7 Å². The molecule has 0 aliphatic carbocycles. The van der Waals surface area contributed by atoms with Crippen molar-refractivity contribution in [3.05, 3.63) is 76.2 Å². The molecule has 0 fully saturated rings.